The Kier molecular flexibility index (Phi) is 3.76. The van der Waals surface area contributed by atoms with Crippen LogP contribution in [0.2, 0.25) is 17.3 Å². The Balaban J connectivity index is 2.01. The van der Waals surface area contributed by atoms with Crippen LogP contribution in [0.3, 0.4) is 0 Å². The quantitative estimate of drug-likeness (QED) is 0.350. The molecule has 0 atom stereocenters. The number of hydrogen-bond acceptors (Lipinski definition) is 1. The fraction of sp³-hybridized carbons (Fsp3) is 0.227. The molecule has 25 heavy (non-hydrogen) atoms. The van der Waals surface area contributed by atoms with E-state index in [1.807, 2.05) is 12.1 Å². The number of hydrogen-bond donors (Lipinski definition) is 0. The standard InChI is InChI=1S/C22H24GeNO/c1-15-12-22-19(17-8-6-7-9-21(17)25-22)14-18(15)20-13-16(23(2,3)4)10-11-24(20)5/h6-14H,1-5H3/q+1. The molecule has 2 heterocycles. The third-order valence-electron chi connectivity index (χ3n) is 5.02. The molecule has 0 amide bonds. The maximum atomic E-state index is 6.03. The topological polar surface area (TPSA) is 17.0 Å². The van der Waals surface area contributed by atoms with Gasteiger partial charge in [-0.1, -0.05) is 0 Å². The minimum absolute atomic E-state index is 0.955. The van der Waals surface area contributed by atoms with Crippen molar-refractivity contribution < 1.29 is 8.98 Å². The van der Waals surface area contributed by atoms with E-state index in [1.54, 1.807) is 0 Å². The Labute approximate surface area is 151 Å². The van der Waals surface area contributed by atoms with Crippen molar-refractivity contribution in [2.45, 2.75) is 24.2 Å². The molecule has 0 fully saturated rings. The van der Waals surface area contributed by atoms with Gasteiger partial charge in [0, 0.05) is 0 Å². The predicted octanol–water partition coefficient (Wildman–Crippen LogP) is 4.93. The van der Waals surface area contributed by atoms with E-state index in [0.717, 1.165) is 11.2 Å². The van der Waals surface area contributed by atoms with Crippen LogP contribution in [-0.4, -0.2) is 13.3 Å². The maximum absolute atomic E-state index is 6.03. The zero-order valence-electron chi connectivity index (χ0n) is 15.6. The van der Waals surface area contributed by atoms with Crippen LogP contribution in [0.25, 0.3) is 33.2 Å². The Bertz CT molecular complexity index is 1100. The molecule has 0 unspecified atom stereocenters. The SMILES string of the molecule is Cc1cc2oc3ccccc3c2cc1-c1c[c]([Ge]([CH3])([CH3])[CH3])cc[n+]1C. The number of benzene rings is 2. The summed E-state index contributed by atoms with van der Waals surface area (Å²) in [5, 5.41) is 2.38. The van der Waals surface area contributed by atoms with Crippen molar-refractivity contribution in [2.24, 2.45) is 7.05 Å². The summed E-state index contributed by atoms with van der Waals surface area (Å²) in [6.07, 6.45) is 2.21. The van der Waals surface area contributed by atoms with Crippen LogP contribution >= 0.6 is 0 Å². The molecule has 0 radical (unpaired) electrons. The molecule has 4 aromatic rings. The third kappa shape index (κ3) is 2.79. The van der Waals surface area contributed by atoms with Gasteiger partial charge in [-0.15, -0.1) is 0 Å². The average molecular weight is 391 g/mol. The van der Waals surface area contributed by atoms with E-state index in [-0.39, 0.29) is 0 Å². The van der Waals surface area contributed by atoms with Gasteiger partial charge >= 0.3 is 151 Å². The van der Waals surface area contributed by atoms with Crippen molar-refractivity contribution >= 4 is 39.6 Å². The summed E-state index contributed by atoms with van der Waals surface area (Å²) in [5.74, 6) is 7.33. The summed E-state index contributed by atoms with van der Waals surface area (Å²) < 4.78 is 9.80. The Morgan fingerprint density at radius 2 is 1.64 bits per heavy atom. The molecule has 2 aromatic heterocycles. The second-order valence-electron chi connectivity index (χ2n) is 7.92. The van der Waals surface area contributed by atoms with Crippen molar-refractivity contribution in [3.63, 3.8) is 0 Å². The Hall–Kier alpha value is -2.07. The second-order valence-corrected chi connectivity index (χ2v) is 18.6. The molecular weight excluding hydrogens is 367 g/mol. The number of fused-ring (bicyclic) bond motifs is 3. The van der Waals surface area contributed by atoms with Gasteiger partial charge in [0.1, 0.15) is 0 Å². The molecule has 126 valence electrons. The fourth-order valence-corrected chi connectivity index (χ4v) is 5.85. The van der Waals surface area contributed by atoms with Gasteiger partial charge in [-0.3, -0.25) is 0 Å². The van der Waals surface area contributed by atoms with Crippen LogP contribution in [-0.2, 0) is 7.05 Å². The summed E-state index contributed by atoms with van der Waals surface area (Å²) in [6, 6.07) is 17.4. The summed E-state index contributed by atoms with van der Waals surface area (Å²) in [5.41, 5.74) is 5.74. The predicted molar refractivity (Wildman–Crippen MR) is 108 cm³/mol. The van der Waals surface area contributed by atoms with E-state index >= 15 is 0 Å². The first-order valence-corrected chi connectivity index (χ1v) is 16.1. The normalized spacial score (nSPS) is 12.2. The molecule has 2 aromatic carbocycles. The molecule has 0 aliphatic heterocycles. The molecule has 0 N–H and O–H groups in total. The van der Waals surface area contributed by atoms with Crippen LogP contribution in [0, 0.1) is 6.92 Å². The molecule has 0 saturated heterocycles. The van der Waals surface area contributed by atoms with Crippen LogP contribution < -0.4 is 8.96 Å². The first-order valence-electron chi connectivity index (χ1n) is 8.77. The van der Waals surface area contributed by atoms with Gasteiger partial charge in [0.25, 0.3) is 0 Å². The van der Waals surface area contributed by atoms with Gasteiger partial charge in [-0.25, -0.2) is 0 Å². The number of nitrogens with zero attached hydrogens (tertiary/aromatic N) is 1. The number of furan rings is 1. The van der Waals surface area contributed by atoms with E-state index in [9.17, 15) is 0 Å². The van der Waals surface area contributed by atoms with Crippen molar-refractivity contribution in [3.05, 3.63) is 60.3 Å². The Morgan fingerprint density at radius 3 is 2.40 bits per heavy atom. The molecule has 0 bridgehead atoms. The van der Waals surface area contributed by atoms with Crippen LogP contribution in [0.4, 0.5) is 0 Å². The summed E-state index contributed by atoms with van der Waals surface area (Å²) in [4.78, 5) is 0. The van der Waals surface area contributed by atoms with Crippen LogP contribution in [0.15, 0.2) is 59.1 Å². The molecule has 0 aliphatic rings. The first kappa shape index (κ1) is 16.4. The van der Waals surface area contributed by atoms with E-state index in [0.29, 0.717) is 0 Å². The monoisotopic (exact) mass is 392 g/mol. The Morgan fingerprint density at radius 1 is 0.880 bits per heavy atom. The van der Waals surface area contributed by atoms with Crippen molar-refractivity contribution in [3.8, 4) is 11.3 Å². The summed E-state index contributed by atoms with van der Waals surface area (Å²) >= 11 is -1.87. The number of rotatable bonds is 2. The summed E-state index contributed by atoms with van der Waals surface area (Å²) in [6.45, 7) is 2.17. The van der Waals surface area contributed by atoms with Crippen molar-refractivity contribution in [1.29, 1.82) is 0 Å². The van der Waals surface area contributed by atoms with Gasteiger partial charge in [0.15, 0.2) is 0 Å². The van der Waals surface area contributed by atoms with Crippen LogP contribution in [0.5, 0.6) is 0 Å². The molecule has 3 heteroatoms. The number of para-hydroxylation sites is 1. The van der Waals surface area contributed by atoms with E-state index in [4.69, 9.17) is 4.42 Å². The molecule has 0 aliphatic carbocycles. The zero-order valence-corrected chi connectivity index (χ0v) is 17.6. The van der Waals surface area contributed by atoms with Gasteiger partial charge in [-0.05, 0) is 0 Å². The third-order valence-corrected chi connectivity index (χ3v) is 9.30. The van der Waals surface area contributed by atoms with Gasteiger partial charge in [0.05, 0.1) is 0 Å². The number of aromatic nitrogens is 1. The molecule has 0 spiro atoms. The zero-order chi connectivity index (χ0) is 17.8. The van der Waals surface area contributed by atoms with E-state index < -0.39 is 13.3 Å². The van der Waals surface area contributed by atoms with E-state index in [1.165, 1.54) is 32.0 Å². The van der Waals surface area contributed by atoms with Gasteiger partial charge in [-0.2, -0.15) is 0 Å². The van der Waals surface area contributed by atoms with E-state index in [2.05, 4.69) is 78.4 Å². The van der Waals surface area contributed by atoms with Crippen molar-refractivity contribution in [1.82, 2.24) is 0 Å². The fourth-order valence-electron chi connectivity index (χ4n) is 3.45. The number of aryl methyl sites for hydroxylation is 2. The summed E-state index contributed by atoms with van der Waals surface area (Å²) in [7, 11) is 2.13. The first-order chi connectivity index (χ1) is 11.8. The number of pyridine rings is 1. The van der Waals surface area contributed by atoms with Gasteiger partial charge in [0.2, 0.25) is 0 Å². The second kappa shape index (κ2) is 5.74. The molecule has 2 nitrogen and oxygen atoms in total. The molecule has 4 rings (SSSR count). The van der Waals surface area contributed by atoms with Gasteiger partial charge < -0.3 is 0 Å². The molecular formula is C22H24GeNO+. The minimum atomic E-state index is -1.87. The van der Waals surface area contributed by atoms with Crippen molar-refractivity contribution in [2.75, 3.05) is 0 Å². The molecule has 0 saturated carbocycles. The average Bonchev–Trinajstić information content (AvgIpc) is 2.91. The van der Waals surface area contributed by atoms with Crippen LogP contribution in [0.1, 0.15) is 5.56 Å².